The molecule has 0 aromatic carbocycles. The number of carbonyl (C=O) groups excluding carboxylic acids is 1. The fraction of sp³-hybridized carbons (Fsp3) is 0.571. The Hall–Kier alpha value is -1.78. The fourth-order valence-electron chi connectivity index (χ4n) is 2.06. The van der Waals surface area contributed by atoms with Crippen LogP contribution in [-0.4, -0.2) is 28.1 Å². The minimum atomic E-state index is -0.879. The zero-order valence-electron chi connectivity index (χ0n) is 12.0. The number of rotatable bonds is 6. The van der Waals surface area contributed by atoms with Gasteiger partial charge in [-0.3, -0.25) is 9.59 Å². The molecule has 2 N–H and O–H groups in total. The molecular formula is C14H22N2O3. The Morgan fingerprint density at radius 1 is 1.32 bits per heavy atom. The first-order valence-electron chi connectivity index (χ1n) is 6.52. The molecule has 0 bridgehead atoms. The molecule has 0 aliphatic heterocycles. The Morgan fingerprint density at radius 2 is 1.89 bits per heavy atom. The summed E-state index contributed by atoms with van der Waals surface area (Å²) in [6.45, 7) is 5.72. The van der Waals surface area contributed by atoms with Gasteiger partial charge in [0.1, 0.15) is 5.69 Å². The number of nitrogens with one attached hydrogen (secondary N) is 1. The van der Waals surface area contributed by atoms with Crippen LogP contribution >= 0.6 is 0 Å². The topological polar surface area (TPSA) is 71.3 Å². The van der Waals surface area contributed by atoms with Crippen LogP contribution in [0.3, 0.4) is 0 Å². The van der Waals surface area contributed by atoms with Gasteiger partial charge in [0.15, 0.2) is 0 Å². The van der Waals surface area contributed by atoms with Crippen molar-refractivity contribution >= 4 is 11.9 Å². The van der Waals surface area contributed by atoms with Gasteiger partial charge in [0, 0.05) is 19.3 Å². The van der Waals surface area contributed by atoms with Gasteiger partial charge in [-0.25, -0.2) is 0 Å². The van der Waals surface area contributed by atoms with Crippen LogP contribution in [0.5, 0.6) is 0 Å². The fourth-order valence-corrected chi connectivity index (χ4v) is 2.06. The lowest BCUT2D eigenvalue weighted by atomic mass is 9.82. The number of aromatic nitrogens is 1. The van der Waals surface area contributed by atoms with Crippen LogP contribution in [0.1, 0.15) is 42.9 Å². The number of carboxylic acid groups (broad SMARTS) is 1. The highest BCUT2D eigenvalue weighted by molar-refractivity contribution is 5.93. The van der Waals surface area contributed by atoms with Gasteiger partial charge in [-0.15, -0.1) is 0 Å². The van der Waals surface area contributed by atoms with Gasteiger partial charge < -0.3 is 15.0 Å². The lowest BCUT2D eigenvalue weighted by Crippen LogP contribution is -2.42. The van der Waals surface area contributed by atoms with E-state index in [1.165, 1.54) is 0 Å². The van der Waals surface area contributed by atoms with E-state index in [1.54, 1.807) is 10.6 Å². The summed E-state index contributed by atoms with van der Waals surface area (Å²) in [5, 5.41) is 12.0. The maximum atomic E-state index is 12.1. The van der Waals surface area contributed by atoms with E-state index in [0.717, 1.165) is 5.69 Å². The quantitative estimate of drug-likeness (QED) is 0.826. The SMILES string of the molecule is CCC(CC)(CNC(=O)c1ccc(C)n1C)C(=O)O. The molecule has 5 nitrogen and oxygen atoms in total. The van der Waals surface area contributed by atoms with E-state index in [-0.39, 0.29) is 12.5 Å². The highest BCUT2D eigenvalue weighted by Gasteiger charge is 2.35. The largest absolute Gasteiger partial charge is 0.481 e. The van der Waals surface area contributed by atoms with E-state index in [1.807, 2.05) is 33.9 Å². The van der Waals surface area contributed by atoms with E-state index in [9.17, 15) is 14.7 Å². The van der Waals surface area contributed by atoms with Gasteiger partial charge in [0.05, 0.1) is 5.41 Å². The van der Waals surface area contributed by atoms with Crippen molar-refractivity contribution in [3.05, 3.63) is 23.5 Å². The molecule has 0 atom stereocenters. The molecule has 0 saturated carbocycles. The summed E-state index contributed by atoms with van der Waals surface area (Å²) >= 11 is 0. The van der Waals surface area contributed by atoms with Crippen LogP contribution in [0.15, 0.2) is 12.1 Å². The number of hydrogen-bond donors (Lipinski definition) is 2. The Kier molecular flexibility index (Phi) is 4.75. The number of aliphatic carboxylic acids is 1. The number of amides is 1. The minimum absolute atomic E-state index is 0.151. The maximum Gasteiger partial charge on any atom is 0.311 e. The van der Waals surface area contributed by atoms with Gasteiger partial charge >= 0.3 is 5.97 Å². The molecule has 0 fully saturated rings. The number of aryl methyl sites for hydroxylation is 1. The third kappa shape index (κ3) is 2.97. The molecule has 5 heteroatoms. The molecule has 1 heterocycles. The highest BCUT2D eigenvalue weighted by atomic mass is 16.4. The zero-order chi connectivity index (χ0) is 14.6. The van der Waals surface area contributed by atoms with Crippen LogP contribution in [0, 0.1) is 12.3 Å². The van der Waals surface area contributed by atoms with Gasteiger partial charge in [0.25, 0.3) is 5.91 Å². The van der Waals surface area contributed by atoms with Crippen molar-refractivity contribution in [2.24, 2.45) is 12.5 Å². The van der Waals surface area contributed by atoms with Crippen LogP contribution < -0.4 is 5.32 Å². The summed E-state index contributed by atoms with van der Waals surface area (Å²) in [7, 11) is 1.81. The number of hydrogen-bond acceptors (Lipinski definition) is 2. The van der Waals surface area contributed by atoms with E-state index in [2.05, 4.69) is 5.32 Å². The Morgan fingerprint density at radius 3 is 2.26 bits per heavy atom. The highest BCUT2D eigenvalue weighted by Crippen LogP contribution is 2.25. The van der Waals surface area contributed by atoms with E-state index in [4.69, 9.17) is 0 Å². The van der Waals surface area contributed by atoms with Gasteiger partial charge in [-0.05, 0) is 31.9 Å². The summed E-state index contributed by atoms with van der Waals surface area (Å²) in [6, 6.07) is 3.60. The third-order valence-electron chi connectivity index (χ3n) is 4.00. The van der Waals surface area contributed by atoms with Crippen LogP contribution in [0.2, 0.25) is 0 Å². The Balaban J connectivity index is 2.78. The van der Waals surface area contributed by atoms with Crippen molar-refractivity contribution in [3.63, 3.8) is 0 Å². The van der Waals surface area contributed by atoms with Crippen molar-refractivity contribution in [3.8, 4) is 0 Å². The second-order valence-electron chi connectivity index (χ2n) is 4.89. The molecule has 1 rings (SSSR count). The van der Waals surface area contributed by atoms with Crippen molar-refractivity contribution in [1.82, 2.24) is 9.88 Å². The molecule has 106 valence electrons. The zero-order valence-corrected chi connectivity index (χ0v) is 12.0. The standard InChI is InChI=1S/C14H22N2O3/c1-5-14(6-2,13(18)19)9-15-12(17)11-8-7-10(3)16(11)4/h7-8H,5-6,9H2,1-4H3,(H,15,17)(H,18,19). The number of carbonyl (C=O) groups is 2. The molecule has 0 aliphatic carbocycles. The summed E-state index contributed by atoms with van der Waals surface area (Å²) in [5.41, 5.74) is 0.653. The predicted molar refractivity (Wildman–Crippen MR) is 73.1 cm³/mol. The van der Waals surface area contributed by atoms with Crippen molar-refractivity contribution in [2.75, 3.05) is 6.54 Å². The molecule has 0 unspecified atom stereocenters. The van der Waals surface area contributed by atoms with Crippen molar-refractivity contribution in [2.45, 2.75) is 33.6 Å². The van der Waals surface area contributed by atoms with Crippen molar-refractivity contribution in [1.29, 1.82) is 0 Å². The summed E-state index contributed by atoms with van der Waals surface area (Å²) in [5.74, 6) is -1.09. The molecule has 0 saturated heterocycles. The maximum absolute atomic E-state index is 12.1. The van der Waals surface area contributed by atoms with Gasteiger partial charge in [-0.2, -0.15) is 0 Å². The predicted octanol–water partition coefficient (Wildman–Crippen LogP) is 1.95. The number of nitrogens with zero attached hydrogens (tertiary/aromatic N) is 1. The third-order valence-corrected chi connectivity index (χ3v) is 4.00. The number of carboxylic acids is 1. The summed E-state index contributed by atoms with van der Waals surface area (Å²) < 4.78 is 1.79. The summed E-state index contributed by atoms with van der Waals surface area (Å²) in [4.78, 5) is 23.4. The summed E-state index contributed by atoms with van der Waals surface area (Å²) in [6.07, 6.45) is 0.983. The average molecular weight is 266 g/mol. The molecule has 1 aromatic rings. The van der Waals surface area contributed by atoms with E-state index < -0.39 is 11.4 Å². The Labute approximate surface area is 113 Å². The normalized spacial score (nSPS) is 11.4. The lowest BCUT2D eigenvalue weighted by molar-refractivity contribution is -0.149. The van der Waals surface area contributed by atoms with E-state index in [0.29, 0.717) is 18.5 Å². The van der Waals surface area contributed by atoms with Crippen LogP contribution in [-0.2, 0) is 11.8 Å². The molecule has 0 spiro atoms. The molecule has 0 aliphatic rings. The first-order valence-corrected chi connectivity index (χ1v) is 6.52. The van der Waals surface area contributed by atoms with Crippen LogP contribution in [0.4, 0.5) is 0 Å². The smallest absolute Gasteiger partial charge is 0.311 e. The molecule has 19 heavy (non-hydrogen) atoms. The van der Waals surface area contributed by atoms with Gasteiger partial charge in [0.2, 0.25) is 0 Å². The molecular weight excluding hydrogens is 244 g/mol. The monoisotopic (exact) mass is 266 g/mol. The molecule has 1 amide bonds. The van der Waals surface area contributed by atoms with E-state index >= 15 is 0 Å². The average Bonchev–Trinajstić information content (AvgIpc) is 2.71. The Bertz CT molecular complexity index is 473. The molecule has 1 aromatic heterocycles. The second-order valence-corrected chi connectivity index (χ2v) is 4.89. The first kappa shape index (κ1) is 15.3. The first-order chi connectivity index (χ1) is 8.88. The van der Waals surface area contributed by atoms with Crippen molar-refractivity contribution < 1.29 is 14.7 Å². The van der Waals surface area contributed by atoms with Crippen LogP contribution in [0.25, 0.3) is 0 Å². The minimum Gasteiger partial charge on any atom is -0.481 e. The molecule has 0 radical (unpaired) electrons. The second kappa shape index (κ2) is 5.91. The lowest BCUT2D eigenvalue weighted by Gasteiger charge is -2.26. The van der Waals surface area contributed by atoms with Gasteiger partial charge in [-0.1, -0.05) is 13.8 Å².